The highest BCUT2D eigenvalue weighted by atomic mass is 16.5. The zero-order valence-electron chi connectivity index (χ0n) is 13.1. The minimum absolute atomic E-state index is 0.00517. The lowest BCUT2D eigenvalue weighted by molar-refractivity contribution is -0.142. The molecule has 0 radical (unpaired) electrons. The second kappa shape index (κ2) is 10.0. The first-order chi connectivity index (χ1) is 9.85. The Hall–Kier alpha value is -1.79. The predicted molar refractivity (Wildman–Crippen MR) is 77.9 cm³/mol. The van der Waals surface area contributed by atoms with Crippen LogP contribution in [0.15, 0.2) is 0 Å². The van der Waals surface area contributed by atoms with E-state index in [1.54, 1.807) is 0 Å². The molecule has 2 amide bonds. The van der Waals surface area contributed by atoms with Gasteiger partial charge in [0.15, 0.2) is 0 Å². The van der Waals surface area contributed by atoms with Crippen LogP contribution in [0.25, 0.3) is 0 Å². The topological polar surface area (TPSA) is 105 Å². The zero-order valence-corrected chi connectivity index (χ0v) is 13.1. The van der Waals surface area contributed by atoms with E-state index in [2.05, 4.69) is 15.4 Å². The Labute approximate surface area is 125 Å². The third-order valence-corrected chi connectivity index (χ3v) is 3.58. The number of amides is 2. The lowest BCUT2D eigenvalue weighted by Gasteiger charge is -2.23. The van der Waals surface area contributed by atoms with E-state index in [4.69, 9.17) is 5.11 Å². The van der Waals surface area contributed by atoms with Gasteiger partial charge in [-0.15, -0.1) is 0 Å². The van der Waals surface area contributed by atoms with Crippen molar-refractivity contribution in [2.24, 2.45) is 5.92 Å². The third-order valence-electron chi connectivity index (χ3n) is 3.58. The average molecular weight is 302 g/mol. The smallest absolute Gasteiger partial charge is 0.326 e. The number of methoxy groups -OCH3 is 1. The highest BCUT2D eigenvalue weighted by molar-refractivity contribution is 5.83. The molecule has 2 atom stereocenters. The van der Waals surface area contributed by atoms with Crippen LogP contribution in [0.4, 0.5) is 4.79 Å². The molecule has 122 valence electrons. The molecule has 7 heteroatoms. The Morgan fingerprint density at radius 2 is 1.71 bits per heavy atom. The Balaban J connectivity index is 4.41. The number of carbonyl (C=O) groups excluding carboxylic acids is 2. The molecule has 0 aliphatic rings. The van der Waals surface area contributed by atoms with Gasteiger partial charge in [0.25, 0.3) is 0 Å². The molecule has 0 aromatic carbocycles. The van der Waals surface area contributed by atoms with Gasteiger partial charge in [0.05, 0.1) is 7.11 Å². The number of rotatable bonds is 9. The van der Waals surface area contributed by atoms with Gasteiger partial charge in [-0.3, -0.25) is 4.79 Å². The van der Waals surface area contributed by atoms with Gasteiger partial charge in [-0.1, -0.05) is 26.7 Å². The maximum absolute atomic E-state index is 11.8. The number of ether oxygens (including phenoxy) is 1. The fourth-order valence-corrected chi connectivity index (χ4v) is 2.14. The van der Waals surface area contributed by atoms with Gasteiger partial charge in [-0.05, 0) is 19.3 Å². The maximum atomic E-state index is 11.8. The van der Waals surface area contributed by atoms with Crippen molar-refractivity contribution in [1.82, 2.24) is 10.6 Å². The van der Waals surface area contributed by atoms with Crippen molar-refractivity contribution in [3.05, 3.63) is 0 Å². The molecule has 0 spiro atoms. The van der Waals surface area contributed by atoms with E-state index in [9.17, 15) is 14.4 Å². The second-order valence-corrected chi connectivity index (χ2v) is 4.99. The lowest BCUT2D eigenvalue weighted by atomic mass is 9.96. The van der Waals surface area contributed by atoms with Crippen LogP contribution in [0.2, 0.25) is 0 Å². The summed E-state index contributed by atoms with van der Waals surface area (Å²) in [5.41, 5.74) is 0. The standard InChI is InChI=1S/C14H26N2O5/c1-5-10(6-2)9(3)15-14(20)16-11(13(18)19)7-8-12(17)21-4/h9-11H,5-8H2,1-4H3,(H,18,19)(H2,15,16,20)/t9?,11-/m0/s1. The van der Waals surface area contributed by atoms with E-state index in [1.807, 2.05) is 20.8 Å². The van der Waals surface area contributed by atoms with Crippen molar-refractivity contribution in [2.75, 3.05) is 7.11 Å². The first-order valence-corrected chi connectivity index (χ1v) is 7.22. The van der Waals surface area contributed by atoms with E-state index in [0.717, 1.165) is 12.8 Å². The summed E-state index contributed by atoms with van der Waals surface area (Å²) in [6.07, 6.45) is 1.80. The minimum Gasteiger partial charge on any atom is -0.480 e. The van der Waals surface area contributed by atoms with Crippen LogP contribution < -0.4 is 10.6 Å². The maximum Gasteiger partial charge on any atom is 0.326 e. The molecule has 0 aromatic heterocycles. The van der Waals surface area contributed by atoms with Crippen molar-refractivity contribution in [2.45, 2.75) is 58.5 Å². The number of carboxylic acid groups (broad SMARTS) is 1. The van der Waals surface area contributed by atoms with E-state index in [1.165, 1.54) is 7.11 Å². The number of carboxylic acids is 1. The molecule has 0 aliphatic carbocycles. The Morgan fingerprint density at radius 3 is 2.14 bits per heavy atom. The van der Waals surface area contributed by atoms with Crippen LogP contribution in [0.5, 0.6) is 0 Å². The summed E-state index contributed by atoms with van der Waals surface area (Å²) in [5.74, 6) is -1.34. The monoisotopic (exact) mass is 302 g/mol. The van der Waals surface area contributed by atoms with E-state index < -0.39 is 24.0 Å². The van der Waals surface area contributed by atoms with Crippen LogP contribution in [-0.2, 0) is 14.3 Å². The molecule has 21 heavy (non-hydrogen) atoms. The van der Waals surface area contributed by atoms with Crippen LogP contribution in [0.1, 0.15) is 46.5 Å². The van der Waals surface area contributed by atoms with Crippen molar-refractivity contribution >= 4 is 18.0 Å². The van der Waals surface area contributed by atoms with Crippen LogP contribution in [0, 0.1) is 5.92 Å². The molecular formula is C14H26N2O5. The first kappa shape index (κ1) is 19.2. The SMILES string of the molecule is CCC(CC)C(C)NC(=O)N[C@@H](CCC(=O)OC)C(=O)O. The van der Waals surface area contributed by atoms with E-state index >= 15 is 0 Å². The van der Waals surface area contributed by atoms with Crippen molar-refractivity contribution in [3.8, 4) is 0 Å². The molecule has 3 N–H and O–H groups in total. The molecule has 0 rings (SSSR count). The number of hydrogen-bond donors (Lipinski definition) is 3. The normalized spacial score (nSPS) is 13.4. The van der Waals surface area contributed by atoms with Gasteiger partial charge in [-0.2, -0.15) is 0 Å². The third kappa shape index (κ3) is 7.53. The highest BCUT2D eigenvalue weighted by Crippen LogP contribution is 2.12. The van der Waals surface area contributed by atoms with Crippen LogP contribution in [-0.4, -0.2) is 42.3 Å². The fraction of sp³-hybridized carbons (Fsp3) is 0.786. The van der Waals surface area contributed by atoms with E-state index in [0.29, 0.717) is 5.92 Å². The average Bonchev–Trinajstić information content (AvgIpc) is 2.43. The summed E-state index contributed by atoms with van der Waals surface area (Å²) in [4.78, 5) is 33.9. The van der Waals surface area contributed by atoms with Gasteiger partial charge in [0.2, 0.25) is 0 Å². The number of aliphatic carboxylic acids is 1. The Morgan fingerprint density at radius 1 is 1.14 bits per heavy atom. The number of nitrogens with one attached hydrogen (secondary N) is 2. The van der Waals surface area contributed by atoms with Gasteiger partial charge < -0.3 is 20.5 Å². The minimum atomic E-state index is -1.18. The summed E-state index contributed by atoms with van der Waals surface area (Å²) < 4.78 is 4.45. The number of urea groups is 1. The van der Waals surface area contributed by atoms with E-state index in [-0.39, 0.29) is 18.9 Å². The molecule has 0 fully saturated rings. The molecular weight excluding hydrogens is 276 g/mol. The summed E-state index contributed by atoms with van der Waals surface area (Å²) in [7, 11) is 1.23. The van der Waals surface area contributed by atoms with Gasteiger partial charge >= 0.3 is 18.0 Å². The van der Waals surface area contributed by atoms with Gasteiger partial charge in [-0.25, -0.2) is 9.59 Å². The van der Waals surface area contributed by atoms with Crippen molar-refractivity contribution in [3.63, 3.8) is 0 Å². The molecule has 0 bridgehead atoms. The quantitative estimate of drug-likeness (QED) is 0.560. The lowest BCUT2D eigenvalue weighted by Crippen LogP contribution is -2.50. The van der Waals surface area contributed by atoms with Crippen LogP contribution >= 0.6 is 0 Å². The molecule has 1 unspecified atom stereocenters. The van der Waals surface area contributed by atoms with Gasteiger partial charge in [0, 0.05) is 12.5 Å². The summed E-state index contributed by atoms with van der Waals surface area (Å²) in [6, 6.07) is -1.69. The number of esters is 1. The summed E-state index contributed by atoms with van der Waals surface area (Å²) >= 11 is 0. The second-order valence-electron chi connectivity index (χ2n) is 4.99. The first-order valence-electron chi connectivity index (χ1n) is 7.22. The molecule has 0 aliphatic heterocycles. The van der Waals surface area contributed by atoms with Crippen molar-refractivity contribution in [1.29, 1.82) is 0 Å². The molecule has 0 saturated heterocycles. The molecule has 0 aromatic rings. The number of carbonyl (C=O) groups is 3. The largest absolute Gasteiger partial charge is 0.480 e. The predicted octanol–water partition coefficient (Wildman–Crippen LogP) is 1.52. The summed E-state index contributed by atoms with van der Waals surface area (Å²) in [6.45, 7) is 5.97. The highest BCUT2D eigenvalue weighted by Gasteiger charge is 2.23. The fourth-order valence-electron chi connectivity index (χ4n) is 2.14. The summed E-state index contributed by atoms with van der Waals surface area (Å²) in [5, 5.41) is 14.2. The zero-order chi connectivity index (χ0) is 16.4. The van der Waals surface area contributed by atoms with Crippen molar-refractivity contribution < 1.29 is 24.2 Å². The molecule has 0 saturated carbocycles. The Bertz CT molecular complexity index is 355. The Kier molecular flexibility index (Phi) is 9.16. The molecule has 0 heterocycles. The van der Waals surface area contributed by atoms with Crippen LogP contribution in [0.3, 0.4) is 0 Å². The van der Waals surface area contributed by atoms with Gasteiger partial charge in [0.1, 0.15) is 6.04 Å². The molecule has 7 nitrogen and oxygen atoms in total. The number of hydrogen-bond acceptors (Lipinski definition) is 4.